The normalized spacial score (nSPS) is 10.9. The van der Waals surface area contributed by atoms with Gasteiger partial charge < -0.3 is 10.2 Å². The van der Waals surface area contributed by atoms with Crippen molar-refractivity contribution in [3.05, 3.63) is 41.7 Å². The zero-order valence-corrected chi connectivity index (χ0v) is 11.6. The molecule has 0 aliphatic rings. The summed E-state index contributed by atoms with van der Waals surface area (Å²) >= 11 is 0. The fraction of sp³-hybridized carbons (Fsp3) is 0.333. The van der Waals surface area contributed by atoms with Crippen LogP contribution in [0.3, 0.4) is 0 Å². The first-order chi connectivity index (χ1) is 9.60. The van der Waals surface area contributed by atoms with Crippen LogP contribution in [0, 0.1) is 0 Å². The molecule has 0 fully saturated rings. The highest BCUT2D eigenvalue weighted by Crippen LogP contribution is 2.31. The highest BCUT2D eigenvalue weighted by Gasteiger charge is 2.24. The Morgan fingerprint density at radius 3 is 2.50 bits per heavy atom. The molecule has 1 aromatic heterocycles. The summed E-state index contributed by atoms with van der Waals surface area (Å²) in [6, 6.07) is 6.79. The molecule has 2 rings (SSSR count). The molecule has 0 saturated heterocycles. The van der Waals surface area contributed by atoms with Gasteiger partial charge in [0.05, 0.1) is 11.9 Å². The summed E-state index contributed by atoms with van der Waals surface area (Å²) in [5, 5.41) is 23.4. The molecular weight excluding hydrogens is 256 g/mol. The average molecular weight is 274 g/mol. The van der Waals surface area contributed by atoms with E-state index in [1.807, 2.05) is 13.8 Å². The van der Waals surface area contributed by atoms with E-state index in [4.69, 9.17) is 0 Å². The van der Waals surface area contributed by atoms with Gasteiger partial charge in [0, 0.05) is 5.92 Å². The monoisotopic (exact) mass is 274 g/mol. The molecule has 2 N–H and O–H groups in total. The van der Waals surface area contributed by atoms with Crippen LogP contribution in [-0.4, -0.2) is 26.0 Å². The minimum Gasteiger partial charge on any atom is -0.506 e. The van der Waals surface area contributed by atoms with Crippen LogP contribution in [0.4, 0.5) is 0 Å². The number of carboxylic acid groups (broad SMARTS) is 1. The van der Waals surface area contributed by atoms with Gasteiger partial charge in [-0.1, -0.05) is 26.0 Å². The van der Waals surface area contributed by atoms with Gasteiger partial charge in [0.1, 0.15) is 17.0 Å². The molecule has 0 radical (unpaired) electrons. The maximum atomic E-state index is 11.4. The van der Waals surface area contributed by atoms with Crippen LogP contribution < -0.4 is 0 Å². The number of phenols is 1. The van der Waals surface area contributed by atoms with E-state index in [1.54, 1.807) is 24.3 Å². The Labute approximate surface area is 117 Å². The first-order valence-corrected chi connectivity index (χ1v) is 6.69. The zero-order chi connectivity index (χ0) is 14.7. The van der Waals surface area contributed by atoms with E-state index in [-0.39, 0.29) is 17.2 Å². The van der Waals surface area contributed by atoms with Crippen molar-refractivity contribution < 1.29 is 15.0 Å². The van der Waals surface area contributed by atoms with Gasteiger partial charge in [-0.25, -0.2) is 9.48 Å². The summed E-state index contributed by atoms with van der Waals surface area (Å²) in [6.07, 6.45) is 2.98. The first kappa shape index (κ1) is 14.1. The molecule has 0 amide bonds. The summed E-state index contributed by atoms with van der Waals surface area (Å²) in [6.45, 7) is 4.03. The molecule has 0 aliphatic heterocycles. The molecule has 0 aliphatic carbocycles. The number of carboxylic acids is 1. The number of benzene rings is 1. The number of nitrogens with zero attached hydrogens (tertiary/aromatic N) is 2. The number of rotatable bonds is 5. The van der Waals surface area contributed by atoms with Crippen LogP contribution >= 0.6 is 0 Å². The molecule has 106 valence electrons. The van der Waals surface area contributed by atoms with E-state index < -0.39 is 5.97 Å². The summed E-state index contributed by atoms with van der Waals surface area (Å²) in [5.74, 6) is -0.823. The van der Waals surface area contributed by atoms with Crippen molar-refractivity contribution in [2.24, 2.45) is 0 Å². The molecule has 0 unspecified atom stereocenters. The second kappa shape index (κ2) is 5.77. The Bertz CT molecular complexity index is 615. The smallest absolute Gasteiger partial charge is 0.339 e. The lowest BCUT2D eigenvalue weighted by Gasteiger charge is -2.17. The molecule has 1 heterocycles. The topological polar surface area (TPSA) is 75.3 Å². The quantitative estimate of drug-likeness (QED) is 0.878. The third-order valence-corrected chi connectivity index (χ3v) is 3.52. The van der Waals surface area contributed by atoms with Crippen LogP contribution in [0.25, 0.3) is 5.69 Å². The van der Waals surface area contributed by atoms with Crippen molar-refractivity contribution in [3.63, 3.8) is 0 Å². The molecular formula is C15H18N2O3. The van der Waals surface area contributed by atoms with Gasteiger partial charge in [-0.15, -0.1) is 0 Å². The van der Waals surface area contributed by atoms with Gasteiger partial charge in [-0.05, 0) is 25.0 Å². The molecule has 0 atom stereocenters. The zero-order valence-electron chi connectivity index (χ0n) is 11.6. The SMILES string of the molecule is CCC(CC)c1c(C(=O)O)cnn1-c1ccccc1O. The van der Waals surface area contributed by atoms with E-state index in [2.05, 4.69) is 5.10 Å². The van der Waals surface area contributed by atoms with Gasteiger partial charge in [0.25, 0.3) is 0 Å². The predicted octanol–water partition coefficient (Wildman–Crippen LogP) is 3.18. The molecule has 5 heteroatoms. The van der Waals surface area contributed by atoms with Crippen LogP contribution in [0.5, 0.6) is 5.75 Å². The number of hydrogen-bond donors (Lipinski definition) is 2. The maximum absolute atomic E-state index is 11.4. The van der Waals surface area contributed by atoms with Crippen molar-refractivity contribution in [1.29, 1.82) is 0 Å². The van der Waals surface area contributed by atoms with Crippen molar-refractivity contribution in [1.82, 2.24) is 9.78 Å². The fourth-order valence-corrected chi connectivity index (χ4v) is 2.43. The first-order valence-electron chi connectivity index (χ1n) is 6.69. The number of aromatic nitrogens is 2. The van der Waals surface area contributed by atoms with E-state index in [0.717, 1.165) is 12.8 Å². The van der Waals surface area contributed by atoms with Gasteiger partial charge in [0.2, 0.25) is 0 Å². The highest BCUT2D eigenvalue weighted by molar-refractivity contribution is 5.89. The summed E-state index contributed by atoms with van der Waals surface area (Å²) in [7, 11) is 0. The minimum absolute atomic E-state index is 0.0831. The Hall–Kier alpha value is -2.30. The Morgan fingerprint density at radius 1 is 1.30 bits per heavy atom. The molecule has 5 nitrogen and oxygen atoms in total. The standard InChI is InChI=1S/C15H18N2O3/c1-3-10(4-2)14-11(15(19)20)9-16-17(14)12-7-5-6-8-13(12)18/h5-10,18H,3-4H2,1-2H3,(H,19,20). The van der Waals surface area contributed by atoms with Crippen LogP contribution in [0.1, 0.15) is 48.7 Å². The maximum Gasteiger partial charge on any atom is 0.339 e. The number of phenolic OH excluding ortho intramolecular Hbond substituents is 1. The lowest BCUT2D eigenvalue weighted by Crippen LogP contribution is -2.11. The van der Waals surface area contributed by atoms with Gasteiger partial charge in [-0.3, -0.25) is 0 Å². The molecule has 0 saturated carbocycles. The van der Waals surface area contributed by atoms with E-state index in [0.29, 0.717) is 11.4 Å². The number of para-hydroxylation sites is 2. The van der Waals surface area contributed by atoms with Crippen molar-refractivity contribution in [3.8, 4) is 11.4 Å². The van der Waals surface area contributed by atoms with Crippen LogP contribution in [-0.2, 0) is 0 Å². The van der Waals surface area contributed by atoms with Gasteiger partial charge in [-0.2, -0.15) is 5.10 Å². The lowest BCUT2D eigenvalue weighted by molar-refractivity contribution is 0.0695. The fourth-order valence-electron chi connectivity index (χ4n) is 2.43. The van der Waals surface area contributed by atoms with Crippen molar-refractivity contribution in [2.45, 2.75) is 32.6 Å². The lowest BCUT2D eigenvalue weighted by atomic mass is 9.96. The number of carbonyl (C=O) groups is 1. The van der Waals surface area contributed by atoms with Crippen LogP contribution in [0.15, 0.2) is 30.5 Å². The summed E-state index contributed by atoms with van der Waals surface area (Å²) in [4.78, 5) is 11.4. The molecule has 2 aromatic rings. The number of aromatic hydroxyl groups is 1. The van der Waals surface area contributed by atoms with E-state index >= 15 is 0 Å². The van der Waals surface area contributed by atoms with Crippen LogP contribution in [0.2, 0.25) is 0 Å². The predicted molar refractivity (Wildman–Crippen MR) is 75.5 cm³/mol. The third-order valence-electron chi connectivity index (χ3n) is 3.52. The molecule has 20 heavy (non-hydrogen) atoms. The Kier molecular flexibility index (Phi) is 4.08. The van der Waals surface area contributed by atoms with E-state index in [9.17, 15) is 15.0 Å². The van der Waals surface area contributed by atoms with Crippen molar-refractivity contribution in [2.75, 3.05) is 0 Å². The van der Waals surface area contributed by atoms with Gasteiger partial charge in [0.15, 0.2) is 0 Å². The number of hydrogen-bond acceptors (Lipinski definition) is 3. The third kappa shape index (κ3) is 2.39. The average Bonchev–Trinajstić information content (AvgIpc) is 2.86. The second-order valence-electron chi connectivity index (χ2n) is 4.66. The Morgan fingerprint density at radius 2 is 1.95 bits per heavy atom. The second-order valence-corrected chi connectivity index (χ2v) is 4.66. The minimum atomic E-state index is -0.992. The Balaban J connectivity index is 2.65. The summed E-state index contributed by atoms with van der Waals surface area (Å²) < 4.78 is 1.54. The molecule has 0 spiro atoms. The van der Waals surface area contributed by atoms with E-state index in [1.165, 1.54) is 10.9 Å². The van der Waals surface area contributed by atoms with Crippen molar-refractivity contribution >= 4 is 5.97 Å². The summed E-state index contributed by atoms with van der Waals surface area (Å²) in [5.41, 5.74) is 1.34. The largest absolute Gasteiger partial charge is 0.506 e. The van der Waals surface area contributed by atoms with Gasteiger partial charge >= 0.3 is 5.97 Å². The highest BCUT2D eigenvalue weighted by atomic mass is 16.4. The molecule has 1 aromatic carbocycles. The molecule has 0 bridgehead atoms. The number of aromatic carboxylic acids is 1.